The minimum absolute atomic E-state index is 0.310. The second kappa shape index (κ2) is 5.66. The average Bonchev–Trinajstić information content (AvgIpc) is 2.40. The largest absolute Gasteiger partial charge is 0.392 e. The van der Waals surface area contributed by atoms with Crippen LogP contribution in [0.5, 0.6) is 0 Å². The van der Waals surface area contributed by atoms with Gasteiger partial charge in [-0.3, -0.25) is 0 Å². The van der Waals surface area contributed by atoms with Crippen LogP contribution in [0.15, 0.2) is 23.3 Å². The van der Waals surface area contributed by atoms with Gasteiger partial charge in [-0.2, -0.15) is 0 Å². The van der Waals surface area contributed by atoms with Crippen molar-refractivity contribution in [3.05, 3.63) is 23.3 Å². The minimum Gasteiger partial charge on any atom is -0.392 e. The Bertz CT molecular complexity index is 578. The topological polar surface area (TPSA) is 80.9 Å². The minimum atomic E-state index is -0.780. The van der Waals surface area contributed by atoms with Gasteiger partial charge in [-0.25, -0.2) is 0 Å². The molecule has 3 aliphatic rings. The predicted octanol–water partition coefficient (Wildman–Crippen LogP) is 2.17. The van der Waals surface area contributed by atoms with Crippen LogP contribution in [0.4, 0.5) is 0 Å². The maximum atomic E-state index is 11.3. The molecule has 136 valence electrons. The van der Waals surface area contributed by atoms with Gasteiger partial charge in [0.25, 0.3) is 0 Å². The van der Waals surface area contributed by atoms with Crippen molar-refractivity contribution in [2.75, 3.05) is 0 Å². The monoisotopic (exact) mass is 336 g/mol. The SMILES string of the molecule is C=C1C2[C@H](O)[C@@H]3[C@@H](O)CC(C)=C([C@@H](O)C[C@]2(C)CC[C@@H]1O)C3(C)C. The predicted molar refractivity (Wildman–Crippen MR) is 93.2 cm³/mol. The molecule has 0 amide bonds. The van der Waals surface area contributed by atoms with E-state index in [-0.39, 0.29) is 17.3 Å². The number of aliphatic hydroxyl groups excluding tert-OH is 4. The maximum Gasteiger partial charge on any atom is 0.0763 e. The van der Waals surface area contributed by atoms with Crippen molar-refractivity contribution in [1.29, 1.82) is 0 Å². The van der Waals surface area contributed by atoms with Crippen molar-refractivity contribution < 1.29 is 20.4 Å². The van der Waals surface area contributed by atoms with Crippen LogP contribution in [0.2, 0.25) is 0 Å². The Balaban J connectivity index is 2.17. The van der Waals surface area contributed by atoms with Gasteiger partial charge in [0.15, 0.2) is 0 Å². The molecule has 0 aromatic rings. The average molecular weight is 336 g/mol. The van der Waals surface area contributed by atoms with E-state index in [1.807, 2.05) is 20.8 Å². The Morgan fingerprint density at radius 1 is 1.04 bits per heavy atom. The first-order valence-electron chi connectivity index (χ1n) is 9.12. The Kier molecular flexibility index (Phi) is 4.28. The van der Waals surface area contributed by atoms with E-state index in [4.69, 9.17) is 0 Å². The fraction of sp³-hybridized carbons (Fsp3) is 0.800. The molecule has 4 nitrogen and oxygen atoms in total. The first-order chi connectivity index (χ1) is 11.0. The molecule has 0 aromatic heterocycles. The molecule has 4 N–H and O–H groups in total. The van der Waals surface area contributed by atoms with Crippen LogP contribution in [-0.4, -0.2) is 44.8 Å². The van der Waals surface area contributed by atoms with Gasteiger partial charge in [0.2, 0.25) is 0 Å². The first kappa shape index (κ1) is 18.1. The first-order valence-corrected chi connectivity index (χ1v) is 9.12. The summed E-state index contributed by atoms with van der Waals surface area (Å²) in [5, 5.41) is 43.4. The van der Waals surface area contributed by atoms with Gasteiger partial charge in [0, 0.05) is 11.8 Å². The molecular weight excluding hydrogens is 304 g/mol. The molecule has 3 aliphatic carbocycles. The molecule has 2 saturated carbocycles. The van der Waals surface area contributed by atoms with Crippen molar-refractivity contribution >= 4 is 0 Å². The van der Waals surface area contributed by atoms with E-state index >= 15 is 0 Å². The number of aliphatic hydroxyl groups is 4. The highest BCUT2D eigenvalue weighted by Crippen LogP contribution is 2.58. The van der Waals surface area contributed by atoms with E-state index in [2.05, 4.69) is 13.5 Å². The van der Waals surface area contributed by atoms with Crippen LogP contribution in [0.25, 0.3) is 0 Å². The molecule has 4 heteroatoms. The molecule has 2 fully saturated rings. The highest BCUT2D eigenvalue weighted by Gasteiger charge is 2.57. The number of fused-ring (bicyclic) bond motifs is 3. The lowest BCUT2D eigenvalue weighted by Gasteiger charge is -2.57. The highest BCUT2D eigenvalue weighted by molar-refractivity contribution is 5.33. The molecule has 3 rings (SSSR count). The summed E-state index contributed by atoms with van der Waals surface area (Å²) in [4.78, 5) is 0. The van der Waals surface area contributed by atoms with E-state index in [9.17, 15) is 20.4 Å². The molecule has 0 aromatic carbocycles. The van der Waals surface area contributed by atoms with Crippen LogP contribution < -0.4 is 0 Å². The summed E-state index contributed by atoms with van der Waals surface area (Å²) in [6.07, 6.45) is -0.247. The summed E-state index contributed by atoms with van der Waals surface area (Å²) in [7, 11) is 0. The standard InChI is InChI=1S/C20H32O4/c1-10-8-13(22)17-18(24)16-11(2)12(21)6-7-20(16,5)9-14(23)15(10)19(17,3)4/h12-14,16-18,21-24H,2,6-9H2,1,3-5H3/t12-,13-,14-,16?,17-,18-,20-/m0/s1. The van der Waals surface area contributed by atoms with Gasteiger partial charge < -0.3 is 20.4 Å². The molecule has 0 saturated heterocycles. The van der Waals surface area contributed by atoms with Crippen molar-refractivity contribution in [3.63, 3.8) is 0 Å². The normalized spacial score (nSPS) is 48.6. The summed E-state index contributed by atoms with van der Waals surface area (Å²) in [6, 6.07) is 0. The lowest BCUT2D eigenvalue weighted by Crippen LogP contribution is -2.58. The summed E-state index contributed by atoms with van der Waals surface area (Å²) in [6.45, 7) is 12.2. The molecule has 0 aliphatic heterocycles. The fourth-order valence-corrected chi connectivity index (χ4v) is 6.20. The second-order valence-corrected chi connectivity index (χ2v) is 9.18. The maximum absolute atomic E-state index is 11.3. The van der Waals surface area contributed by atoms with Gasteiger partial charge in [0.1, 0.15) is 0 Å². The third kappa shape index (κ3) is 2.42. The quantitative estimate of drug-likeness (QED) is 0.511. The third-order valence-corrected chi connectivity index (χ3v) is 7.19. The Hall–Kier alpha value is -0.680. The van der Waals surface area contributed by atoms with Crippen molar-refractivity contribution in [2.24, 2.45) is 22.7 Å². The van der Waals surface area contributed by atoms with Gasteiger partial charge in [-0.15, -0.1) is 0 Å². The molecular formula is C20H32O4. The van der Waals surface area contributed by atoms with Gasteiger partial charge in [-0.05, 0) is 54.6 Å². The number of rotatable bonds is 0. The van der Waals surface area contributed by atoms with Crippen molar-refractivity contribution in [1.82, 2.24) is 0 Å². The zero-order valence-electron chi connectivity index (χ0n) is 15.3. The summed E-state index contributed by atoms with van der Waals surface area (Å²) < 4.78 is 0. The zero-order valence-corrected chi connectivity index (χ0v) is 15.3. The third-order valence-electron chi connectivity index (χ3n) is 7.19. The van der Waals surface area contributed by atoms with Crippen LogP contribution in [0.3, 0.4) is 0 Å². The van der Waals surface area contributed by atoms with Gasteiger partial charge in [-0.1, -0.05) is 32.9 Å². The molecule has 1 unspecified atom stereocenters. The fourth-order valence-electron chi connectivity index (χ4n) is 6.20. The van der Waals surface area contributed by atoms with Crippen LogP contribution >= 0.6 is 0 Å². The van der Waals surface area contributed by atoms with E-state index in [1.165, 1.54) is 0 Å². The summed E-state index contributed by atoms with van der Waals surface area (Å²) in [5.74, 6) is -0.688. The van der Waals surface area contributed by atoms with Crippen molar-refractivity contribution in [3.8, 4) is 0 Å². The summed E-state index contributed by atoms with van der Waals surface area (Å²) >= 11 is 0. The Morgan fingerprint density at radius 3 is 2.29 bits per heavy atom. The highest BCUT2D eigenvalue weighted by atomic mass is 16.3. The molecule has 24 heavy (non-hydrogen) atoms. The molecule has 7 atom stereocenters. The smallest absolute Gasteiger partial charge is 0.0763 e. The number of hydrogen-bond acceptors (Lipinski definition) is 4. The Morgan fingerprint density at radius 2 is 1.67 bits per heavy atom. The lowest BCUT2D eigenvalue weighted by molar-refractivity contribution is -0.123. The van der Waals surface area contributed by atoms with Gasteiger partial charge >= 0.3 is 0 Å². The molecule has 0 radical (unpaired) electrons. The van der Waals surface area contributed by atoms with E-state index in [1.54, 1.807) is 0 Å². The van der Waals surface area contributed by atoms with Crippen LogP contribution in [0.1, 0.15) is 53.4 Å². The van der Waals surface area contributed by atoms with Gasteiger partial charge in [0.05, 0.1) is 24.4 Å². The lowest BCUT2D eigenvalue weighted by atomic mass is 9.50. The van der Waals surface area contributed by atoms with Crippen LogP contribution in [-0.2, 0) is 0 Å². The summed E-state index contributed by atoms with van der Waals surface area (Å²) in [5.41, 5.74) is 1.85. The number of hydrogen-bond donors (Lipinski definition) is 4. The molecule has 0 spiro atoms. The van der Waals surface area contributed by atoms with E-state index in [0.717, 1.165) is 17.6 Å². The molecule has 2 bridgehead atoms. The van der Waals surface area contributed by atoms with E-state index < -0.39 is 29.8 Å². The van der Waals surface area contributed by atoms with Crippen LogP contribution in [0, 0.1) is 22.7 Å². The molecule has 0 heterocycles. The zero-order chi connectivity index (χ0) is 18.0. The van der Waals surface area contributed by atoms with E-state index in [0.29, 0.717) is 24.8 Å². The van der Waals surface area contributed by atoms with Crippen molar-refractivity contribution in [2.45, 2.75) is 77.8 Å². The second-order valence-electron chi connectivity index (χ2n) is 9.18. The Labute approximate surface area is 144 Å².